The molecular formula is C22H18ClN3OS. The van der Waals surface area contributed by atoms with E-state index in [2.05, 4.69) is 16.4 Å². The van der Waals surface area contributed by atoms with E-state index in [0.717, 1.165) is 27.3 Å². The van der Waals surface area contributed by atoms with Crippen molar-refractivity contribution in [2.45, 2.75) is 17.7 Å². The molecular weight excluding hydrogens is 390 g/mol. The van der Waals surface area contributed by atoms with Gasteiger partial charge in [0, 0.05) is 23.9 Å². The van der Waals surface area contributed by atoms with E-state index >= 15 is 0 Å². The summed E-state index contributed by atoms with van der Waals surface area (Å²) in [6.45, 7) is 1.95. The van der Waals surface area contributed by atoms with E-state index in [1.54, 1.807) is 13.1 Å². The third-order valence-corrected chi connectivity index (χ3v) is 5.74. The molecule has 0 spiro atoms. The average Bonchev–Trinajstić information content (AvgIpc) is 2.74. The Balaban J connectivity index is 1.95. The van der Waals surface area contributed by atoms with Crippen LogP contribution in [0.2, 0.25) is 5.15 Å². The first kappa shape index (κ1) is 19.9. The smallest absolute Gasteiger partial charge is 0.251 e. The molecule has 0 aliphatic carbocycles. The number of thioether (sulfide) groups is 1. The lowest BCUT2D eigenvalue weighted by Gasteiger charge is -2.14. The summed E-state index contributed by atoms with van der Waals surface area (Å²) in [6.07, 6.45) is 0. The number of nitrogens with zero attached hydrogens (tertiary/aromatic N) is 2. The van der Waals surface area contributed by atoms with Crippen LogP contribution in [0.4, 0.5) is 0 Å². The van der Waals surface area contributed by atoms with Gasteiger partial charge in [0.15, 0.2) is 0 Å². The zero-order chi connectivity index (χ0) is 20.1. The SMILES string of the molecule is CNC(=O)c1cccc(CSc2nc(Cl)c(C#N)c(-c3ccccc3)c2C)c1. The van der Waals surface area contributed by atoms with Crippen LogP contribution >= 0.6 is 23.4 Å². The molecule has 28 heavy (non-hydrogen) atoms. The van der Waals surface area contributed by atoms with Gasteiger partial charge in [-0.25, -0.2) is 4.98 Å². The van der Waals surface area contributed by atoms with E-state index in [9.17, 15) is 10.1 Å². The van der Waals surface area contributed by atoms with Gasteiger partial charge in [-0.1, -0.05) is 54.1 Å². The lowest BCUT2D eigenvalue weighted by Crippen LogP contribution is -2.17. The number of halogens is 1. The van der Waals surface area contributed by atoms with Crippen LogP contribution in [0.25, 0.3) is 11.1 Å². The van der Waals surface area contributed by atoms with Crippen LogP contribution in [0.5, 0.6) is 0 Å². The van der Waals surface area contributed by atoms with Crippen molar-refractivity contribution in [2.75, 3.05) is 7.05 Å². The Bertz CT molecular complexity index is 1060. The fraction of sp³-hybridized carbons (Fsp3) is 0.136. The molecule has 0 saturated heterocycles. The number of aromatic nitrogens is 1. The highest BCUT2D eigenvalue weighted by molar-refractivity contribution is 7.98. The molecule has 6 heteroatoms. The van der Waals surface area contributed by atoms with Crippen molar-refractivity contribution in [3.05, 3.63) is 82.0 Å². The molecule has 3 rings (SSSR count). The summed E-state index contributed by atoms with van der Waals surface area (Å²) < 4.78 is 0. The second-order valence-corrected chi connectivity index (χ2v) is 7.45. The van der Waals surface area contributed by atoms with E-state index < -0.39 is 0 Å². The predicted molar refractivity (Wildman–Crippen MR) is 114 cm³/mol. The van der Waals surface area contributed by atoms with Crippen LogP contribution in [0, 0.1) is 18.3 Å². The van der Waals surface area contributed by atoms with Gasteiger partial charge in [0.05, 0.1) is 5.56 Å². The number of rotatable bonds is 5. The maximum Gasteiger partial charge on any atom is 0.251 e. The van der Waals surface area contributed by atoms with Gasteiger partial charge in [-0.05, 0) is 35.7 Å². The molecule has 0 unspecified atom stereocenters. The van der Waals surface area contributed by atoms with Gasteiger partial charge in [-0.15, -0.1) is 11.8 Å². The van der Waals surface area contributed by atoms with E-state index in [1.807, 2.05) is 55.5 Å². The molecule has 1 aromatic heterocycles. The van der Waals surface area contributed by atoms with Crippen LogP contribution in [-0.2, 0) is 5.75 Å². The Morgan fingerprint density at radius 3 is 2.64 bits per heavy atom. The van der Waals surface area contributed by atoms with Gasteiger partial charge in [-0.3, -0.25) is 4.79 Å². The minimum Gasteiger partial charge on any atom is -0.355 e. The average molecular weight is 408 g/mol. The first-order valence-electron chi connectivity index (χ1n) is 8.64. The zero-order valence-corrected chi connectivity index (χ0v) is 17.1. The first-order chi connectivity index (χ1) is 13.5. The quantitative estimate of drug-likeness (QED) is 0.464. The minimum atomic E-state index is -0.117. The minimum absolute atomic E-state index is 0.117. The standard InChI is InChI=1S/C22H18ClN3OS/c1-14-19(16-8-4-3-5-9-16)18(12-24)20(23)26-22(14)28-13-15-7-6-10-17(11-15)21(27)25-2/h3-11H,13H2,1-2H3,(H,25,27). The number of carbonyl (C=O) groups excluding carboxylic acids is 1. The molecule has 3 aromatic rings. The van der Waals surface area contributed by atoms with Crippen molar-refractivity contribution < 1.29 is 4.79 Å². The Morgan fingerprint density at radius 1 is 1.21 bits per heavy atom. The Morgan fingerprint density at radius 2 is 1.96 bits per heavy atom. The Hall–Kier alpha value is -2.81. The molecule has 4 nitrogen and oxygen atoms in total. The molecule has 0 aliphatic heterocycles. The summed E-state index contributed by atoms with van der Waals surface area (Å²) in [4.78, 5) is 16.3. The summed E-state index contributed by atoms with van der Waals surface area (Å²) in [5.74, 6) is 0.517. The van der Waals surface area contributed by atoms with Crippen molar-refractivity contribution in [1.29, 1.82) is 5.26 Å². The van der Waals surface area contributed by atoms with Gasteiger partial charge < -0.3 is 5.32 Å². The lowest BCUT2D eigenvalue weighted by atomic mass is 9.98. The van der Waals surface area contributed by atoms with Crippen LogP contribution in [0.1, 0.15) is 27.0 Å². The fourth-order valence-electron chi connectivity index (χ4n) is 2.93. The molecule has 0 saturated carbocycles. The van der Waals surface area contributed by atoms with E-state index in [0.29, 0.717) is 16.9 Å². The van der Waals surface area contributed by atoms with Crippen molar-refractivity contribution in [3.8, 4) is 17.2 Å². The number of hydrogen-bond donors (Lipinski definition) is 1. The molecule has 1 N–H and O–H groups in total. The predicted octanol–water partition coefficient (Wildman–Crippen LogP) is 5.23. The van der Waals surface area contributed by atoms with Crippen LogP contribution in [0.15, 0.2) is 59.6 Å². The second-order valence-electron chi connectivity index (χ2n) is 6.13. The third-order valence-electron chi connectivity index (χ3n) is 4.32. The van der Waals surface area contributed by atoms with E-state index in [-0.39, 0.29) is 11.1 Å². The maximum atomic E-state index is 11.8. The molecule has 0 atom stereocenters. The van der Waals surface area contributed by atoms with Gasteiger partial charge in [0.2, 0.25) is 0 Å². The number of benzene rings is 2. The number of pyridine rings is 1. The molecule has 0 radical (unpaired) electrons. The molecule has 140 valence electrons. The number of nitrogens with one attached hydrogen (secondary N) is 1. The molecule has 0 fully saturated rings. The second kappa shape index (κ2) is 8.92. The van der Waals surface area contributed by atoms with Gasteiger partial charge in [0.25, 0.3) is 5.91 Å². The first-order valence-corrected chi connectivity index (χ1v) is 10.0. The molecule has 1 heterocycles. The van der Waals surface area contributed by atoms with E-state index in [4.69, 9.17) is 11.6 Å². The topological polar surface area (TPSA) is 65.8 Å². The largest absolute Gasteiger partial charge is 0.355 e. The van der Waals surface area contributed by atoms with Gasteiger partial charge >= 0.3 is 0 Å². The summed E-state index contributed by atoms with van der Waals surface area (Å²) in [6, 6.07) is 19.4. The molecule has 0 bridgehead atoms. The van der Waals surface area contributed by atoms with Crippen LogP contribution in [-0.4, -0.2) is 17.9 Å². The summed E-state index contributed by atoms with van der Waals surface area (Å²) in [5.41, 5.74) is 4.67. The third kappa shape index (κ3) is 4.19. The molecule has 1 amide bonds. The number of nitriles is 1. The molecule has 0 aliphatic rings. The van der Waals surface area contributed by atoms with Crippen molar-refractivity contribution in [3.63, 3.8) is 0 Å². The number of hydrogen-bond acceptors (Lipinski definition) is 4. The van der Waals surface area contributed by atoms with E-state index in [1.165, 1.54) is 11.8 Å². The monoisotopic (exact) mass is 407 g/mol. The van der Waals surface area contributed by atoms with Crippen LogP contribution < -0.4 is 5.32 Å². The fourth-order valence-corrected chi connectivity index (χ4v) is 4.16. The highest BCUT2D eigenvalue weighted by Gasteiger charge is 2.18. The van der Waals surface area contributed by atoms with Crippen molar-refractivity contribution in [2.24, 2.45) is 0 Å². The van der Waals surface area contributed by atoms with Gasteiger partial charge in [0.1, 0.15) is 16.2 Å². The Labute approximate surface area is 173 Å². The van der Waals surface area contributed by atoms with Gasteiger partial charge in [-0.2, -0.15) is 5.26 Å². The Kier molecular flexibility index (Phi) is 6.35. The lowest BCUT2D eigenvalue weighted by molar-refractivity contribution is 0.0963. The number of carbonyl (C=O) groups is 1. The highest BCUT2D eigenvalue weighted by atomic mass is 35.5. The van der Waals surface area contributed by atoms with Crippen molar-refractivity contribution in [1.82, 2.24) is 10.3 Å². The number of amides is 1. The van der Waals surface area contributed by atoms with Crippen molar-refractivity contribution >= 4 is 29.3 Å². The van der Waals surface area contributed by atoms with Crippen LogP contribution in [0.3, 0.4) is 0 Å². The zero-order valence-electron chi connectivity index (χ0n) is 15.5. The highest BCUT2D eigenvalue weighted by Crippen LogP contribution is 2.36. The molecule has 2 aromatic carbocycles. The summed E-state index contributed by atoms with van der Waals surface area (Å²) in [7, 11) is 1.61. The summed E-state index contributed by atoms with van der Waals surface area (Å²) in [5, 5.41) is 13.2. The maximum absolute atomic E-state index is 11.8. The normalized spacial score (nSPS) is 10.4. The summed E-state index contributed by atoms with van der Waals surface area (Å²) >= 11 is 7.86.